The van der Waals surface area contributed by atoms with E-state index in [2.05, 4.69) is 0 Å². The predicted molar refractivity (Wildman–Crippen MR) is 32.8 cm³/mol. The maximum atomic E-state index is 8.97. The van der Waals surface area contributed by atoms with Crippen molar-refractivity contribution in [1.82, 2.24) is 0 Å². The first-order valence-corrected chi connectivity index (χ1v) is 2.47. The Hall–Kier alpha value is -0.570. The van der Waals surface area contributed by atoms with Gasteiger partial charge in [-0.1, -0.05) is 0 Å². The van der Waals surface area contributed by atoms with Crippen LogP contribution in [0.4, 0.5) is 0 Å². The number of aliphatic hydroxyl groups is 1. The summed E-state index contributed by atoms with van der Waals surface area (Å²) in [6.45, 7) is 3.24. The van der Waals surface area contributed by atoms with Crippen LogP contribution >= 0.6 is 0 Å². The summed E-state index contributed by atoms with van der Waals surface area (Å²) >= 11 is 0. The zero-order chi connectivity index (χ0) is 6.78. The SMILES string of the molecule is CC(C)(O)CC(=N)N. The minimum Gasteiger partial charge on any atom is -0.390 e. The number of hydrogen-bond acceptors (Lipinski definition) is 2. The molecule has 0 saturated carbocycles. The van der Waals surface area contributed by atoms with E-state index in [0.29, 0.717) is 0 Å². The molecule has 4 N–H and O–H groups in total. The second-order valence-corrected chi connectivity index (χ2v) is 2.51. The zero-order valence-corrected chi connectivity index (χ0v) is 5.23. The first-order chi connectivity index (χ1) is 3.42. The van der Waals surface area contributed by atoms with Crippen molar-refractivity contribution in [3.8, 4) is 0 Å². The van der Waals surface area contributed by atoms with Gasteiger partial charge in [0.1, 0.15) is 0 Å². The molecule has 0 aromatic heterocycles. The molecule has 3 heteroatoms. The van der Waals surface area contributed by atoms with Crippen LogP contribution in [0.5, 0.6) is 0 Å². The molecule has 0 aliphatic carbocycles. The maximum Gasteiger partial charge on any atom is 0.0934 e. The molecule has 0 aliphatic heterocycles. The number of nitrogens with one attached hydrogen (secondary N) is 1. The van der Waals surface area contributed by atoms with E-state index in [-0.39, 0.29) is 12.3 Å². The van der Waals surface area contributed by atoms with Crippen LogP contribution in [0.2, 0.25) is 0 Å². The van der Waals surface area contributed by atoms with Crippen molar-refractivity contribution >= 4 is 5.84 Å². The summed E-state index contributed by atoms with van der Waals surface area (Å²) in [7, 11) is 0. The summed E-state index contributed by atoms with van der Waals surface area (Å²) in [6.07, 6.45) is 0.243. The third-order valence-corrected chi connectivity index (χ3v) is 0.623. The van der Waals surface area contributed by atoms with Crippen LogP contribution in [0.15, 0.2) is 0 Å². The Morgan fingerprint density at radius 1 is 1.75 bits per heavy atom. The number of nitrogens with two attached hydrogens (primary N) is 1. The van der Waals surface area contributed by atoms with Gasteiger partial charge in [0.15, 0.2) is 0 Å². The largest absolute Gasteiger partial charge is 0.390 e. The van der Waals surface area contributed by atoms with Crippen molar-refractivity contribution in [2.24, 2.45) is 5.73 Å². The van der Waals surface area contributed by atoms with E-state index in [1.54, 1.807) is 13.8 Å². The van der Waals surface area contributed by atoms with Gasteiger partial charge < -0.3 is 10.8 Å². The molecule has 0 amide bonds. The molecule has 0 aliphatic rings. The highest BCUT2D eigenvalue weighted by Crippen LogP contribution is 2.04. The Labute approximate surface area is 49.0 Å². The molecule has 0 heterocycles. The van der Waals surface area contributed by atoms with Crippen molar-refractivity contribution in [3.05, 3.63) is 0 Å². The standard InChI is InChI=1S/C5H12N2O/c1-5(2,8)3-4(6)7/h8H,3H2,1-2H3,(H3,6,7). The lowest BCUT2D eigenvalue weighted by Gasteiger charge is -2.14. The van der Waals surface area contributed by atoms with Crippen LogP contribution in [0, 0.1) is 5.41 Å². The second-order valence-electron chi connectivity index (χ2n) is 2.51. The molecule has 0 spiro atoms. The van der Waals surface area contributed by atoms with Gasteiger partial charge in [-0.25, -0.2) is 0 Å². The van der Waals surface area contributed by atoms with Gasteiger partial charge in [-0.2, -0.15) is 0 Å². The molecule has 0 unspecified atom stereocenters. The Morgan fingerprint density at radius 2 is 2.12 bits per heavy atom. The van der Waals surface area contributed by atoms with Gasteiger partial charge in [-0.3, -0.25) is 5.41 Å². The first kappa shape index (κ1) is 7.43. The molecule has 3 nitrogen and oxygen atoms in total. The molecule has 8 heavy (non-hydrogen) atoms. The fourth-order valence-electron chi connectivity index (χ4n) is 0.466. The third-order valence-electron chi connectivity index (χ3n) is 0.623. The maximum absolute atomic E-state index is 8.97. The summed E-state index contributed by atoms with van der Waals surface area (Å²) in [4.78, 5) is 0. The average Bonchev–Trinajstić information content (AvgIpc) is 1.21. The minimum absolute atomic E-state index is 0.0255. The fraction of sp³-hybridized carbons (Fsp3) is 0.800. The molecule has 0 bridgehead atoms. The zero-order valence-electron chi connectivity index (χ0n) is 5.23. The van der Waals surface area contributed by atoms with E-state index < -0.39 is 5.60 Å². The van der Waals surface area contributed by atoms with Crippen LogP contribution < -0.4 is 5.73 Å². The molecule has 48 valence electrons. The lowest BCUT2D eigenvalue weighted by molar-refractivity contribution is 0.0882. The molecular weight excluding hydrogens is 104 g/mol. The number of amidine groups is 1. The van der Waals surface area contributed by atoms with E-state index in [0.717, 1.165) is 0 Å². The Morgan fingerprint density at radius 3 is 2.12 bits per heavy atom. The van der Waals surface area contributed by atoms with Gasteiger partial charge in [-0.05, 0) is 13.8 Å². The first-order valence-electron chi connectivity index (χ1n) is 2.47. The molecule has 0 saturated heterocycles. The molecule has 0 rings (SSSR count). The molecule has 0 radical (unpaired) electrons. The summed E-state index contributed by atoms with van der Waals surface area (Å²) in [5.74, 6) is 0.0255. The summed E-state index contributed by atoms with van der Waals surface area (Å²) in [5, 5.41) is 15.7. The third kappa shape index (κ3) is 5.43. The predicted octanol–water partition coefficient (Wildman–Crippen LogP) is 0.0834. The van der Waals surface area contributed by atoms with Gasteiger partial charge in [0.05, 0.1) is 11.4 Å². The Bertz CT molecular complexity index is 93.1. The summed E-state index contributed by atoms with van der Waals surface area (Å²) in [5.41, 5.74) is 4.17. The van der Waals surface area contributed by atoms with Crippen LogP contribution in [-0.4, -0.2) is 16.5 Å². The number of hydrogen-bond donors (Lipinski definition) is 3. The van der Waals surface area contributed by atoms with Gasteiger partial charge in [0.2, 0.25) is 0 Å². The van der Waals surface area contributed by atoms with Crippen molar-refractivity contribution in [3.63, 3.8) is 0 Å². The summed E-state index contributed by atoms with van der Waals surface area (Å²) < 4.78 is 0. The molecule has 0 fully saturated rings. The Kier molecular flexibility index (Phi) is 1.98. The van der Waals surface area contributed by atoms with Crippen LogP contribution in [0.25, 0.3) is 0 Å². The average molecular weight is 116 g/mol. The highest BCUT2D eigenvalue weighted by atomic mass is 16.3. The van der Waals surface area contributed by atoms with Crippen molar-refractivity contribution in [1.29, 1.82) is 5.41 Å². The van der Waals surface area contributed by atoms with Crippen LogP contribution in [0.3, 0.4) is 0 Å². The fourth-order valence-corrected chi connectivity index (χ4v) is 0.466. The van der Waals surface area contributed by atoms with E-state index in [1.807, 2.05) is 0 Å². The van der Waals surface area contributed by atoms with Crippen LogP contribution in [-0.2, 0) is 0 Å². The summed E-state index contributed by atoms with van der Waals surface area (Å²) in [6, 6.07) is 0. The second kappa shape index (κ2) is 2.13. The van der Waals surface area contributed by atoms with Crippen molar-refractivity contribution in [2.75, 3.05) is 0 Å². The van der Waals surface area contributed by atoms with E-state index in [9.17, 15) is 0 Å². The number of rotatable bonds is 2. The molecule has 0 aromatic rings. The Balaban J connectivity index is 3.55. The quantitative estimate of drug-likeness (QED) is 0.353. The van der Waals surface area contributed by atoms with E-state index >= 15 is 0 Å². The highest BCUT2D eigenvalue weighted by Gasteiger charge is 2.12. The highest BCUT2D eigenvalue weighted by molar-refractivity contribution is 5.77. The van der Waals surface area contributed by atoms with Gasteiger partial charge in [-0.15, -0.1) is 0 Å². The van der Waals surface area contributed by atoms with Crippen molar-refractivity contribution < 1.29 is 5.11 Å². The normalized spacial score (nSPS) is 11.4. The lowest BCUT2D eigenvalue weighted by atomic mass is 10.1. The minimum atomic E-state index is -0.828. The smallest absolute Gasteiger partial charge is 0.0934 e. The molecular formula is C5H12N2O. The van der Waals surface area contributed by atoms with Gasteiger partial charge in [0.25, 0.3) is 0 Å². The molecule has 0 aromatic carbocycles. The van der Waals surface area contributed by atoms with Gasteiger partial charge >= 0.3 is 0 Å². The topological polar surface area (TPSA) is 70.1 Å². The van der Waals surface area contributed by atoms with Crippen LogP contribution in [0.1, 0.15) is 20.3 Å². The van der Waals surface area contributed by atoms with Gasteiger partial charge in [0, 0.05) is 6.42 Å². The van der Waals surface area contributed by atoms with E-state index in [4.69, 9.17) is 16.2 Å². The monoisotopic (exact) mass is 116 g/mol. The van der Waals surface area contributed by atoms with Crippen molar-refractivity contribution in [2.45, 2.75) is 25.9 Å². The lowest BCUT2D eigenvalue weighted by Crippen LogP contribution is -2.26. The molecule has 0 atom stereocenters. The van der Waals surface area contributed by atoms with E-state index in [1.165, 1.54) is 0 Å².